The van der Waals surface area contributed by atoms with Gasteiger partial charge in [0.1, 0.15) is 0 Å². The van der Waals surface area contributed by atoms with Gasteiger partial charge in [-0.2, -0.15) is 0 Å². The molecule has 190 valence electrons. The summed E-state index contributed by atoms with van der Waals surface area (Å²) in [4.78, 5) is 28.4. The van der Waals surface area contributed by atoms with Gasteiger partial charge in [-0.25, -0.2) is 0 Å². The van der Waals surface area contributed by atoms with Gasteiger partial charge in [0.15, 0.2) is 23.0 Å². The number of ether oxygens (including phenoxy) is 2. The summed E-state index contributed by atoms with van der Waals surface area (Å²) >= 11 is 0. The topological polar surface area (TPSA) is 76.1 Å². The molecule has 0 aliphatic carbocycles. The first-order valence-corrected chi connectivity index (χ1v) is 12.5. The predicted molar refractivity (Wildman–Crippen MR) is 140 cm³/mol. The number of benzene rings is 3. The monoisotopic (exact) mass is 497 g/mol. The van der Waals surface area contributed by atoms with Gasteiger partial charge in [0, 0.05) is 13.0 Å². The third-order valence-electron chi connectivity index (χ3n) is 6.97. The highest BCUT2D eigenvalue weighted by Crippen LogP contribution is 2.41. The van der Waals surface area contributed by atoms with Crippen LogP contribution in [0, 0.1) is 0 Å². The molecule has 1 unspecified atom stereocenters. The molecule has 1 amide bonds. The SMILES string of the molecule is CC(C)(C)c1ccc(C2C(C(=O)CCc3ccccc3)=C(O)C(=O)N2Cc2ccc3c(c2)OCO3)cc1. The van der Waals surface area contributed by atoms with Crippen molar-refractivity contribution in [2.45, 2.75) is 51.6 Å². The van der Waals surface area contributed by atoms with Crippen LogP contribution in [-0.4, -0.2) is 28.5 Å². The number of aliphatic hydroxyl groups is 1. The summed E-state index contributed by atoms with van der Waals surface area (Å²) in [6, 6.07) is 22.5. The van der Waals surface area contributed by atoms with Crippen LogP contribution in [0.4, 0.5) is 0 Å². The molecule has 0 aromatic heterocycles. The van der Waals surface area contributed by atoms with Crippen molar-refractivity contribution in [2.24, 2.45) is 0 Å². The summed E-state index contributed by atoms with van der Waals surface area (Å²) < 4.78 is 10.9. The van der Waals surface area contributed by atoms with Gasteiger partial charge in [0.25, 0.3) is 5.91 Å². The Balaban J connectivity index is 1.48. The van der Waals surface area contributed by atoms with Gasteiger partial charge in [0.2, 0.25) is 6.79 Å². The highest BCUT2D eigenvalue weighted by atomic mass is 16.7. The molecule has 6 heteroatoms. The van der Waals surface area contributed by atoms with E-state index >= 15 is 0 Å². The summed E-state index contributed by atoms with van der Waals surface area (Å²) in [6.07, 6.45) is 0.730. The largest absolute Gasteiger partial charge is 0.503 e. The van der Waals surface area contributed by atoms with Gasteiger partial charge in [-0.05, 0) is 46.2 Å². The van der Waals surface area contributed by atoms with Gasteiger partial charge in [0.05, 0.1) is 11.6 Å². The molecule has 2 aliphatic rings. The molecule has 1 N–H and O–H groups in total. The maximum Gasteiger partial charge on any atom is 0.290 e. The van der Waals surface area contributed by atoms with Crippen LogP contribution in [0.1, 0.15) is 55.5 Å². The highest BCUT2D eigenvalue weighted by molar-refractivity contribution is 6.09. The second kappa shape index (κ2) is 9.77. The lowest BCUT2D eigenvalue weighted by Crippen LogP contribution is -2.30. The maximum absolute atomic E-state index is 13.5. The number of nitrogens with zero attached hydrogens (tertiary/aromatic N) is 1. The van der Waals surface area contributed by atoms with E-state index in [1.807, 2.05) is 72.8 Å². The van der Waals surface area contributed by atoms with Crippen molar-refractivity contribution in [3.8, 4) is 11.5 Å². The molecule has 0 bridgehead atoms. The Hall–Kier alpha value is -4.06. The highest BCUT2D eigenvalue weighted by Gasteiger charge is 2.43. The summed E-state index contributed by atoms with van der Waals surface area (Å²) in [5.41, 5.74) is 3.90. The van der Waals surface area contributed by atoms with Crippen molar-refractivity contribution >= 4 is 11.7 Å². The predicted octanol–water partition coefficient (Wildman–Crippen LogP) is 5.81. The van der Waals surface area contributed by atoms with Crippen molar-refractivity contribution in [1.29, 1.82) is 0 Å². The number of amides is 1. The first-order valence-electron chi connectivity index (χ1n) is 12.5. The van der Waals surface area contributed by atoms with Crippen LogP contribution >= 0.6 is 0 Å². The average molecular weight is 498 g/mol. The summed E-state index contributed by atoms with van der Waals surface area (Å²) in [7, 11) is 0. The second-order valence-electron chi connectivity index (χ2n) is 10.6. The van der Waals surface area contributed by atoms with Crippen molar-refractivity contribution in [1.82, 2.24) is 4.90 Å². The Morgan fingerprint density at radius 3 is 2.35 bits per heavy atom. The molecule has 3 aromatic carbocycles. The van der Waals surface area contributed by atoms with E-state index in [1.54, 1.807) is 4.90 Å². The Labute approximate surface area is 217 Å². The van der Waals surface area contributed by atoms with E-state index in [-0.39, 0.29) is 36.5 Å². The molecule has 3 aromatic rings. The Bertz CT molecular complexity index is 1350. The fourth-order valence-electron chi connectivity index (χ4n) is 4.89. The number of aliphatic hydroxyl groups excluding tert-OH is 1. The molecule has 0 saturated heterocycles. The van der Waals surface area contributed by atoms with Crippen LogP contribution in [0.5, 0.6) is 11.5 Å². The number of ketones is 1. The minimum Gasteiger partial charge on any atom is -0.503 e. The fraction of sp³-hybridized carbons (Fsp3) is 0.290. The molecule has 0 radical (unpaired) electrons. The maximum atomic E-state index is 13.5. The zero-order chi connectivity index (χ0) is 26.2. The van der Waals surface area contributed by atoms with Gasteiger partial charge in [-0.3, -0.25) is 9.59 Å². The van der Waals surface area contributed by atoms with E-state index in [4.69, 9.17) is 9.47 Å². The third kappa shape index (κ3) is 4.96. The van der Waals surface area contributed by atoms with Gasteiger partial charge in [-0.15, -0.1) is 0 Å². The van der Waals surface area contributed by atoms with Gasteiger partial charge >= 0.3 is 0 Å². The van der Waals surface area contributed by atoms with Crippen LogP contribution in [0.3, 0.4) is 0 Å². The normalized spacial score (nSPS) is 17.0. The summed E-state index contributed by atoms with van der Waals surface area (Å²) in [5, 5.41) is 11.0. The molecule has 0 spiro atoms. The molecule has 6 nitrogen and oxygen atoms in total. The number of carbonyl (C=O) groups is 2. The first kappa shape index (κ1) is 24.6. The summed E-state index contributed by atoms with van der Waals surface area (Å²) in [6.45, 7) is 6.78. The van der Waals surface area contributed by atoms with E-state index in [9.17, 15) is 14.7 Å². The minimum atomic E-state index is -0.685. The fourth-order valence-corrected chi connectivity index (χ4v) is 4.89. The smallest absolute Gasteiger partial charge is 0.290 e. The number of carbonyl (C=O) groups excluding carboxylic acids is 2. The molecule has 1 atom stereocenters. The van der Waals surface area contributed by atoms with Crippen LogP contribution in [0.15, 0.2) is 84.1 Å². The lowest BCUT2D eigenvalue weighted by atomic mass is 9.85. The molecular formula is C31H31NO5. The van der Waals surface area contributed by atoms with E-state index in [2.05, 4.69) is 20.8 Å². The molecular weight excluding hydrogens is 466 g/mol. The van der Waals surface area contributed by atoms with E-state index < -0.39 is 17.7 Å². The van der Waals surface area contributed by atoms with Crippen LogP contribution in [-0.2, 0) is 28.0 Å². The quantitative estimate of drug-likeness (QED) is 0.446. The number of hydrogen-bond acceptors (Lipinski definition) is 5. The van der Waals surface area contributed by atoms with Crippen molar-refractivity contribution in [3.63, 3.8) is 0 Å². The lowest BCUT2D eigenvalue weighted by Gasteiger charge is -2.28. The summed E-state index contributed by atoms with van der Waals surface area (Å²) in [5.74, 6) is 0.0252. The van der Waals surface area contributed by atoms with Crippen molar-refractivity contribution in [2.75, 3.05) is 6.79 Å². The number of fused-ring (bicyclic) bond motifs is 1. The Kier molecular flexibility index (Phi) is 6.50. The molecule has 2 heterocycles. The minimum absolute atomic E-state index is 0.0392. The van der Waals surface area contributed by atoms with E-state index in [0.717, 1.165) is 22.3 Å². The van der Waals surface area contributed by atoms with Crippen LogP contribution < -0.4 is 9.47 Å². The molecule has 5 rings (SSSR count). The Morgan fingerprint density at radius 2 is 1.65 bits per heavy atom. The standard InChI is InChI=1S/C31H31NO5/c1-31(2,3)23-13-11-22(12-14-23)28-27(24(33)15-9-20-7-5-4-6-8-20)29(34)30(35)32(28)18-21-10-16-25-26(17-21)37-19-36-25/h4-8,10-14,16-17,28,34H,9,15,18-19H2,1-3H3. The van der Waals surface area contributed by atoms with Gasteiger partial charge in [-0.1, -0.05) is 81.4 Å². The second-order valence-corrected chi connectivity index (χ2v) is 10.6. The molecule has 37 heavy (non-hydrogen) atoms. The lowest BCUT2D eigenvalue weighted by molar-refractivity contribution is -0.130. The zero-order valence-electron chi connectivity index (χ0n) is 21.4. The van der Waals surface area contributed by atoms with Crippen LogP contribution in [0.2, 0.25) is 0 Å². The Morgan fingerprint density at radius 1 is 0.946 bits per heavy atom. The van der Waals surface area contributed by atoms with Crippen molar-refractivity contribution < 1.29 is 24.2 Å². The molecule has 2 aliphatic heterocycles. The number of rotatable bonds is 7. The zero-order valence-corrected chi connectivity index (χ0v) is 21.4. The van der Waals surface area contributed by atoms with Crippen LogP contribution in [0.25, 0.3) is 0 Å². The third-order valence-corrected chi connectivity index (χ3v) is 6.97. The van der Waals surface area contributed by atoms with E-state index in [1.165, 1.54) is 0 Å². The number of hydrogen-bond donors (Lipinski definition) is 1. The average Bonchev–Trinajstić information content (AvgIpc) is 3.45. The first-order chi connectivity index (χ1) is 17.7. The number of aryl methyl sites for hydroxylation is 1. The molecule has 0 fully saturated rings. The van der Waals surface area contributed by atoms with Crippen molar-refractivity contribution in [3.05, 3.63) is 106 Å². The molecule has 0 saturated carbocycles. The number of Topliss-reactive ketones (excluding diaryl/α,β-unsaturated/α-hetero) is 1. The van der Waals surface area contributed by atoms with Gasteiger partial charge < -0.3 is 19.5 Å². The van der Waals surface area contributed by atoms with E-state index in [0.29, 0.717) is 17.9 Å².